The monoisotopic (exact) mass is 330 g/mol. The topological polar surface area (TPSA) is 77.5 Å². The number of fused-ring (bicyclic) bond motifs is 1. The largest absolute Gasteiger partial charge is 0.302 e. The summed E-state index contributed by atoms with van der Waals surface area (Å²) in [5, 5.41) is 0. The van der Waals surface area contributed by atoms with Crippen molar-refractivity contribution in [2.45, 2.75) is 17.9 Å². The molecule has 0 saturated carbocycles. The molecule has 0 saturated heterocycles. The Morgan fingerprint density at radius 2 is 1.70 bits per heavy atom. The average Bonchev–Trinajstić information content (AvgIpc) is 2.80. The maximum atomic E-state index is 12.4. The van der Waals surface area contributed by atoms with E-state index < -0.39 is 27.9 Å². The Morgan fingerprint density at radius 1 is 1.04 bits per heavy atom. The van der Waals surface area contributed by atoms with Crippen molar-refractivity contribution in [3.63, 3.8) is 0 Å². The van der Waals surface area contributed by atoms with Crippen molar-refractivity contribution in [2.24, 2.45) is 5.92 Å². The van der Waals surface area contributed by atoms with Gasteiger partial charge >= 0.3 is 0 Å². The van der Waals surface area contributed by atoms with Crippen molar-refractivity contribution in [3.8, 4) is 0 Å². The van der Waals surface area contributed by atoms with Crippen LogP contribution in [0.4, 0.5) is 0 Å². The number of benzene rings is 2. The van der Waals surface area contributed by atoms with E-state index in [1.165, 1.54) is 12.1 Å². The summed E-state index contributed by atoms with van der Waals surface area (Å²) in [5.41, 5.74) is 1.66. The Hall–Kier alpha value is -2.31. The lowest BCUT2D eigenvalue weighted by Crippen LogP contribution is -2.20. The smallest absolute Gasteiger partial charge is 0.297 e. The summed E-state index contributed by atoms with van der Waals surface area (Å²) in [4.78, 5) is 23.5. The van der Waals surface area contributed by atoms with Gasteiger partial charge in [-0.2, -0.15) is 8.42 Å². The van der Waals surface area contributed by atoms with E-state index in [1.807, 2.05) is 6.92 Å². The molecule has 5 nitrogen and oxygen atoms in total. The van der Waals surface area contributed by atoms with Crippen molar-refractivity contribution in [1.82, 2.24) is 0 Å². The Labute approximate surface area is 134 Å². The summed E-state index contributed by atoms with van der Waals surface area (Å²) < 4.78 is 30.1. The molecule has 1 aliphatic rings. The van der Waals surface area contributed by atoms with Gasteiger partial charge in [-0.05, 0) is 24.6 Å². The molecule has 2 aromatic rings. The molecule has 0 aromatic heterocycles. The lowest BCUT2D eigenvalue weighted by Gasteiger charge is -2.16. The van der Waals surface area contributed by atoms with E-state index in [9.17, 15) is 18.0 Å². The summed E-state index contributed by atoms with van der Waals surface area (Å²) in [7, 11) is -4.08. The van der Waals surface area contributed by atoms with Crippen LogP contribution in [0.5, 0.6) is 0 Å². The number of ketones is 1. The molecule has 0 spiro atoms. The molecule has 23 heavy (non-hydrogen) atoms. The highest BCUT2D eigenvalue weighted by Gasteiger charge is 2.43. The van der Waals surface area contributed by atoms with Crippen LogP contribution in [0.3, 0.4) is 0 Å². The van der Waals surface area contributed by atoms with Gasteiger partial charge in [0.05, 0.1) is 4.90 Å². The van der Waals surface area contributed by atoms with Gasteiger partial charge in [0.25, 0.3) is 10.1 Å². The molecule has 2 aromatic carbocycles. The summed E-state index contributed by atoms with van der Waals surface area (Å²) in [6.07, 6.45) is -0.681. The van der Waals surface area contributed by atoms with Gasteiger partial charge < -0.3 is 4.79 Å². The molecule has 0 radical (unpaired) electrons. The number of Topliss-reactive ketones (excluding diaryl/α,β-unsaturated/α-hetero) is 1. The van der Waals surface area contributed by atoms with Crippen LogP contribution >= 0.6 is 0 Å². The third-order valence-electron chi connectivity index (χ3n) is 3.85. The van der Waals surface area contributed by atoms with E-state index in [-0.39, 0.29) is 4.90 Å². The maximum Gasteiger partial charge on any atom is 0.297 e. The number of carbonyl (C=O) groups is 2. The van der Waals surface area contributed by atoms with Crippen LogP contribution in [-0.4, -0.2) is 20.5 Å². The van der Waals surface area contributed by atoms with Crippen molar-refractivity contribution in [1.29, 1.82) is 0 Å². The fourth-order valence-corrected chi connectivity index (χ4v) is 3.70. The van der Waals surface area contributed by atoms with Crippen LogP contribution in [0.2, 0.25) is 0 Å². The summed E-state index contributed by atoms with van der Waals surface area (Å²) in [6, 6.07) is 12.7. The zero-order valence-corrected chi connectivity index (χ0v) is 13.1. The number of aryl methyl sites for hydroxylation is 1. The van der Waals surface area contributed by atoms with Gasteiger partial charge in [-0.1, -0.05) is 42.0 Å². The Morgan fingerprint density at radius 3 is 2.35 bits per heavy atom. The van der Waals surface area contributed by atoms with Gasteiger partial charge in [0.1, 0.15) is 18.3 Å². The van der Waals surface area contributed by atoms with E-state index in [0.717, 1.165) is 5.56 Å². The van der Waals surface area contributed by atoms with E-state index in [1.54, 1.807) is 36.4 Å². The maximum absolute atomic E-state index is 12.4. The van der Waals surface area contributed by atoms with E-state index in [0.29, 0.717) is 17.4 Å². The lowest BCUT2D eigenvalue weighted by atomic mass is 10.1. The first-order valence-electron chi connectivity index (χ1n) is 7.02. The molecule has 0 N–H and O–H groups in total. The minimum atomic E-state index is -4.08. The Bertz CT molecular complexity index is 868. The molecular weight excluding hydrogens is 316 g/mol. The van der Waals surface area contributed by atoms with E-state index >= 15 is 0 Å². The first-order valence-corrected chi connectivity index (χ1v) is 8.43. The van der Waals surface area contributed by atoms with Gasteiger partial charge in [-0.15, -0.1) is 0 Å². The first kappa shape index (κ1) is 15.6. The second-order valence-corrected chi connectivity index (χ2v) is 6.97. The van der Waals surface area contributed by atoms with E-state index in [4.69, 9.17) is 4.18 Å². The summed E-state index contributed by atoms with van der Waals surface area (Å²) in [6.45, 7) is 1.84. The molecule has 2 unspecified atom stereocenters. The molecule has 2 atom stereocenters. The third-order valence-corrected chi connectivity index (χ3v) is 5.16. The molecule has 0 bridgehead atoms. The average molecular weight is 330 g/mol. The molecule has 118 valence electrons. The highest BCUT2D eigenvalue weighted by atomic mass is 32.2. The van der Waals surface area contributed by atoms with Crippen LogP contribution in [-0.2, 0) is 19.1 Å². The molecule has 1 aliphatic carbocycles. The van der Waals surface area contributed by atoms with Crippen molar-refractivity contribution in [3.05, 3.63) is 65.2 Å². The number of aldehydes is 1. The van der Waals surface area contributed by atoms with Gasteiger partial charge in [0.2, 0.25) is 0 Å². The van der Waals surface area contributed by atoms with Crippen molar-refractivity contribution in [2.75, 3.05) is 0 Å². The van der Waals surface area contributed by atoms with Gasteiger partial charge in [-0.3, -0.25) is 8.98 Å². The summed E-state index contributed by atoms with van der Waals surface area (Å²) in [5.74, 6) is -1.56. The van der Waals surface area contributed by atoms with Gasteiger partial charge in [0, 0.05) is 5.56 Å². The van der Waals surface area contributed by atoms with Crippen molar-refractivity contribution < 1.29 is 22.2 Å². The minimum absolute atomic E-state index is 0.00965. The van der Waals surface area contributed by atoms with E-state index in [2.05, 4.69) is 0 Å². The second kappa shape index (κ2) is 5.72. The molecule has 0 heterocycles. The van der Waals surface area contributed by atoms with Crippen LogP contribution in [0.15, 0.2) is 53.4 Å². The predicted molar refractivity (Wildman–Crippen MR) is 82.5 cm³/mol. The molecule has 6 heteroatoms. The van der Waals surface area contributed by atoms with Gasteiger partial charge in [-0.25, -0.2) is 0 Å². The minimum Gasteiger partial charge on any atom is -0.302 e. The Kier molecular flexibility index (Phi) is 3.87. The second-order valence-electron chi connectivity index (χ2n) is 5.40. The summed E-state index contributed by atoms with van der Waals surface area (Å²) >= 11 is 0. The standard InChI is InChI=1S/C17H14O5S/c1-11-6-8-12(9-7-11)23(20,21)22-17-14-5-3-2-4-13(14)16(19)15(17)10-18/h2-10,15,17H,1H3. The van der Waals surface area contributed by atoms with Crippen LogP contribution in [0, 0.1) is 12.8 Å². The first-order chi connectivity index (χ1) is 10.9. The Balaban J connectivity index is 1.99. The lowest BCUT2D eigenvalue weighted by molar-refractivity contribution is -0.111. The molecule has 0 amide bonds. The zero-order chi connectivity index (χ0) is 16.6. The molecule has 3 rings (SSSR count). The predicted octanol–water partition coefficient (Wildman–Crippen LogP) is 2.45. The quantitative estimate of drug-likeness (QED) is 0.489. The third kappa shape index (κ3) is 2.71. The zero-order valence-electron chi connectivity index (χ0n) is 12.3. The van der Waals surface area contributed by atoms with Crippen molar-refractivity contribution >= 4 is 22.2 Å². The molecular formula is C17H14O5S. The number of carbonyl (C=O) groups excluding carboxylic acids is 2. The molecule has 0 fully saturated rings. The fraction of sp³-hybridized carbons (Fsp3) is 0.176. The van der Waals surface area contributed by atoms with Crippen LogP contribution < -0.4 is 0 Å². The van der Waals surface area contributed by atoms with Crippen LogP contribution in [0.1, 0.15) is 27.6 Å². The molecule has 0 aliphatic heterocycles. The highest BCUT2D eigenvalue weighted by Crippen LogP contribution is 2.39. The number of hydrogen-bond donors (Lipinski definition) is 0. The highest BCUT2D eigenvalue weighted by molar-refractivity contribution is 7.86. The fourth-order valence-electron chi connectivity index (χ4n) is 2.62. The van der Waals surface area contributed by atoms with Crippen LogP contribution in [0.25, 0.3) is 0 Å². The normalized spacial score (nSPS) is 20.3. The number of hydrogen-bond acceptors (Lipinski definition) is 5. The SMILES string of the molecule is Cc1ccc(S(=O)(=O)OC2c3ccccc3C(=O)C2C=O)cc1. The van der Waals surface area contributed by atoms with Gasteiger partial charge in [0.15, 0.2) is 5.78 Å². The number of rotatable bonds is 4.